The van der Waals surface area contributed by atoms with Crippen LogP contribution in [0.3, 0.4) is 0 Å². The summed E-state index contributed by atoms with van der Waals surface area (Å²) in [6.07, 6.45) is 1.39. The van der Waals surface area contributed by atoms with Crippen molar-refractivity contribution < 1.29 is 14.7 Å². The maximum atomic E-state index is 11.0. The third kappa shape index (κ3) is 2.57. The molecule has 1 aromatic carbocycles. The van der Waals surface area contributed by atoms with Gasteiger partial charge in [0.15, 0.2) is 0 Å². The molecule has 0 saturated heterocycles. The fourth-order valence-corrected chi connectivity index (χ4v) is 1.67. The summed E-state index contributed by atoms with van der Waals surface area (Å²) in [6, 6.07) is 9.42. The topological polar surface area (TPSA) is 82.2 Å². The van der Waals surface area contributed by atoms with Crippen LogP contribution in [-0.4, -0.2) is 22.0 Å². The highest BCUT2D eigenvalue weighted by atomic mass is 16.4. The van der Waals surface area contributed by atoms with Gasteiger partial charge in [0, 0.05) is 18.1 Å². The van der Waals surface area contributed by atoms with E-state index in [1.165, 1.54) is 13.0 Å². The van der Waals surface area contributed by atoms with E-state index in [-0.39, 0.29) is 5.70 Å². The number of carboxylic acid groups (broad SMARTS) is 1. The van der Waals surface area contributed by atoms with Crippen molar-refractivity contribution in [3.8, 4) is 0 Å². The number of carbonyl (C=O) groups excluding carboxylic acids is 1. The van der Waals surface area contributed by atoms with Gasteiger partial charge in [0.05, 0.1) is 0 Å². The molecule has 3 N–H and O–H groups in total. The van der Waals surface area contributed by atoms with Gasteiger partial charge in [-0.3, -0.25) is 4.79 Å². The molecular weight excluding hydrogens is 232 g/mol. The Balaban J connectivity index is 2.39. The van der Waals surface area contributed by atoms with Crippen molar-refractivity contribution >= 4 is 28.9 Å². The minimum atomic E-state index is -1.18. The highest BCUT2D eigenvalue weighted by molar-refractivity contribution is 5.97. The van der Waals surface area contributed by atoms with E-state index >= 15 is 0 Å². The van der Waals surface area contributed by atoms with Crippen LogP contribution < -0.4 is 5.32 Å². The molecule has 0 spiro atoms. The van der Waals surface area contributed by atoms with E-state index in [1.807, 2.05) is 30.3 Å². The Labute approximate surface area is 103 Å². The number of carbonyl (C=O) groups is 2. The molecule has 18 heavy (non-hydrogen) atoms. The van der Waals surface area contributed by atoms with Gasteiger partial charge in [0.2, 0.25) is 5.91 Å². The number of hydrogen-bond donors (Lipinski definition) is 3. The summed E-state index contributed by atoms with van der Waals surface area (Å²) in [5.41, 5.74) is 1.38. The van der Waals surface area contributed by atoms with Crippen LogP contribution in [0.1, 0.15) is 12.6 Å². The smallest absolute Gasteiger partial charge is 0.352 e. The molecule has 5 heteroatoms. The standard InChI is InChI=1S/C13H12N2O3/c1-8(16)14-12(13(17)18)7-10-6-9-4-2-3-5-11(9)15-10/h2-7,15H,1H3,(H,14,16)(H,17,18)/b12-7-. The zero-order valence-corrected chi connectivity index (χ0v) is 9.73. The largest absolute Gasteiger partial charge is 0.477 e. The molecule has 1 aromatic heterocycles. The summed E-state index contributed by atoms with van der Waals surface area (Å²) in [5.74, 6) is -1.59. The SMILES string of the molecule is CC(=O)N/C(=C\c1cc2ccccc2[nH]1)C(=O)O. The van der Waals surface area contributed by atoms with E-state index in [4.69, 9.17) is 5.11 Å². The molecule has 0 saturated carbocycles. The van der Waals surface area contributed by atoms with Crippen molar-refractivity contribution in [2.24, 2.45) is 0 Å². The molecule has 0 radical (unpaired) electrons. The highest BCUT2D eigenvalue weighted by Gasteiger charge is 2.09. The number of nitrogens with one attached hydrogen (secondary N) is 2. The average molecular weight is 244 g/mol. The van der Waals surface area contributed by atoms with Crippen LogP contribution in [-0.2, 0) is 9.59 Å². The van der Waals surface area contributed by atoms with Crippen LogP contribution in [0, 0.1) is 0 Å². The Morgan fingerprint density at radius 1 is 1.33 bits per heavy atom. The second kappa shape index (κ2) is 4.75. The summed E-state index contributed by atoms with van der Waals surface area (Å²) in [5, 5.41) is 12.2. The van der Waals surface area contributed by atoms with Crippen molar-refractivity contribution in [2.75, 3.05) is 0 Å². The predicted molar refractivity (Wildman–Crippen MR) is 67.7 cm³/mol. The number of amides is 1. The van der Waals surface area contributed by atoms with Crippen molar-refractivity contribution in [3.05, 3.63) is 41.7 Å². The van der Waals surface area contributed by atoms with E-state index in [9.17, 15) is 9.59 Å². The Bertz CT molecular complexity index is 607. The zero-order chi connectivity index (χ0) is 13.1. The lowest BCUT2D eigenvalue weighted by Crippen LogP contribution is -2.24. The van der Waals surface area contributed by atoms with E-state index in [0.29, 0.717) is 5.69 Å². The summed E-state index contributed by atoms with van der Waals surface area (Å²) in [6.45, 7) is 1.27. The number of para-hydroxylation sites is 1. The molecule has 2 rings (SSSR count). The van der Waals surface area contributed by atoms with Crippen molar-refractivity contribution in [1.82, 2.24) is 10.3 Å². The van der Waals surface area contributed by atoms with Crippen molar-refractivity contribution in [2.45, 2.75) is 6.92 Å². The summed E-state index contributed by atoms with van der Waals surface area (Å²) >= 11 is 0. The fraction of sp³-hybridized carbons (Fsp3) is 0.0769. The molecule has 0 aliphatic carbocycles. The van der Waals surface area contributed by atoms with Gasteiger partial charge in [-0.2, -0.15) is 0 Å². The maximum absolute atomic E-state index is 11.0. The molecular formula is C13H12N2O3. The number of aliphatic carboxylic acids is 1. The van der Waals surface area contributed by atoms with E-state index in [1.54, 1.807) is 0 Å². The summed E-state index contributed by atoms with van der Waals surface area (Å²) in [4.78, 5) is 24.9. The van der Waals surface area contributed by atoms with Crippen LogP contribution in [0.15, 0.2) is 36.0 Å². The first-order valence-corrected chi connectivity index (χ1v) is 5.36. The molecule has 0 atom stereocenters. The van der Waals surface area contributed by atoms with E-state index < -0.39 is 11.9 Å². The molecule has 0 aliphatic rings. The lowest BCUT2D eigenvalue weighted by molar-refractivity contribution is -0.134. The Morgan fingerprint density at radius 2 is 2.06 bits per heavy atom. The minimum Gasteiger partial charge on any atom is -0.477 e. The van der Waals surface area contributed by atoms with Gasteiger partial charge in [0.1, 0.15) is 5.70 Å². The number of carboxylic acids is 1. The number of H-pyrrole nitrogens is 1. The zero-order valence-electron chi connectivity index (χ0n) is 9.73. The molecule has 0 bridgehead atoms. The Kier molecular flexibility index (Phi) is 3.14. The van der Waals surface area contributed by atoms with Gasteiger partial charge >= 0.3 is 5.97 Å². The van der Waals surface area contributed by atoms with E-state index in [2.05, 4.69) is 10.3 Å². The van der Waals surface area contributed by atoms with Crippen molar-refractivity contribution in [3.63, 3.8) is 0 Å². The first-order chi connectivity index (χ1) is 8.56. The molecule has 5 nitrogen and oxygen atoms in total. The number of fused-ring (bicyclic) bond motifs is 1. The Morgan fingerprint density at radius 3 is 2.67 bits per heavy atom. The fourth-order valence-electron chi connectivity index (χ4n) is 1.67. The monoisotopic (exact) mass is 244 g/mol. The molecule has 2 aromatic rings. The average Bonchev–Trinajstić information content (AvgIpc) is 2.69. The minimum absolute atomic E-state index is 0.158. The lowest BCUT2D eigenvalue weighted by atomic mass is 10.2. The van der Waals surface area contributed by atoms with Gasteiger partial charge < -0.3 is 15.4 Å². The van der Waals surface area contributed by atoms with Gasteiger partial charge in [-0.25, -0.2) is 4.79 Å². The van der Waals surface area contributed by atoms with Crippen LogP contribution in [0.2, 0.25) is 0 Å². The first-order valence-electron chi connectivity index (χ1n) is 5.36. The van der Waals surface area contributed by atoms with Gasteiger partial charge in [-0.15, -0.1) is 0 Å². The molecule has 0 aliphatic heterocycles. The van der Waals surface area contributed by atoms with Crippen LogP contribution >= 0.6 is 0 Å². The number of benzene rings is 1. The summed E-state index contributed by atoms with van der Waals surface area (Å²) < 4.78 is 0. The first kappa shape index (κ1) is 11.9. The molecule has 92 valence electrons. The number of aromatic amines is 1. The number of rotatable bonds is 3. The molecule has 0 fully saturated rings. The Hall–Kier alpha value is -2.56. The predicted octanol–water partition coefficient (Wildman–Crippen LogP) is 1.73. The third-order valence-electron chi connectivity index (χ3n) is 2.39. The highest BCUT2D eigenvalue weighted by Crippen LogP contribution is 2.16. The number of aromatic nitrogens is 1. The van der Waals surface area contributed by atoms with Crippen LogP contribution in [0.5, 0.6) is 0 Å². The molecule has 1 amide bonds. The molecule has 1 heterocycles. The second-order valence-electron chi connectivity index (χ2n) is 3.86. The lowest BCUT2D eigenvalue weighted by Gasteiger charge is -2.01. The van der Waals surface area contributed by atoms with Gasteiger partial charge in [0.25, 0.3) is 0 Å². The maximum Gasteiger partial charge on any atom is 0.352 e. The van der Waals surface area contributed by atoms with Crippen molar-refractivity contribution in [1.29, 1.82) is 0 Å². The normalized spacial score (nSPS) is 11.5. The number of hydrogen-bond acceptors (Lipinski definition) is 2. The van der Waals surface area contributed by atoms with E-state index in [0.717, 1.165) is 10.9 Å². The van der Waals surface area contributed by atoms with Crippen LogP contribution in [0.4, 0.5) is 0 Å². The van der Waals surface area contributed by atoms with Gasteiger partial charge in [-0.05, 0) is 23.6 Å². The third-order valence-corrected chi connectivity index (χ3v) is 2.39. The second-order valence-corrected chi connectivity index (χ2v) is 3.86. The molecule has 0 unspecified atom stereocenters. The summed E-state index contributed by atoms with van der Waals surface area (Å²) in [7, 11) is 0. The quantitative estimate of drug-likeness (QED) is 0.719. The van der Waals surface area contributed by atoms with Crippen LogP contribution in [0.25, 0.3) is 17.0 Å². The van der Waals surface area contributed by atoms with Gasteiger partial charge in [-0.1, -0.05) is 18.2 Å².